The molecule has 0 aromatic heterocycles. The third kappa shape index (κ3) is 4.03. The summed E-state index contributed by atoms with van der Waals surface area (Å²) in [5.74, 6) is 1.17. The minimum Gasteiger partial charge on any atom is -0.486 e. The second-order valence-electron chi connectivity index (χ2n) is 6.51. The van der Waals surface area contributed by atoms with E-state index in [2.05, 4.69) is 16.7 Å². The number of hydrogen-bond donors (Lipinski definition) is 0. The summed E-state index contributed by atoms with van der Waals surface area (Å²) >= 11 is 0. The highest BCUT2D eigenvalue weighted by atomic mass is 16.5. The molecular weight excluding hydrogens is 290 g/mol. The molecule has 0 bridgehead atoms. The Morgan fingerprint density at radius 1 is 1.13 bits per heavy atom. The fourth-order valence-corrected chi connectivity index (χ4v) is 3.14. The van der Waals surface area contributed by atoms with Gasteiger partial charge in [-0.25, -0.2) is 0 Å². The van der Waals surface area contributed by atoms with Gasteiger partial charge in [-0.2, -0.15) is 0 Å². The van der Waals surface area contributed by atoms with Gasteiger partial charge in [0.15, 0.2) is 0 Å². The average Bonchev–Trinajstić information content (AvgIpc) is 2.52. The van der Waals surface area contributed by atoms with Crippen LogP contribution in [0, 0.1) is 6.92 Å². The molecule has 0 radical (unpaired) electrons. The van der Waals surface area contributed by atoms with Crippen LogP contribution in [0.25, 0.3) is 0 Å². The van der Waals surface area contributed by atoms with Crippen molar-refractivity contribution in [1.29, 1.82) is 0 Å². The molecule has 23 heavy (non-hydrogen) atoms. The molecule has 1 amide bonds. The maximum Gasteiger partial charge on any atom is 0.237 e. The molecule has 0 N–H and O–H groups in total. The molecule has 126 valence electrons. The van der Waals surface area contributed by atoms with Gasteiger partial charge in [-0.05, 0) is 25.1 Å². The number of ether oxygens (including phenoxy) is 1. The van der Waals surface area contributed by atoms with Crippen molar-refractivity contribution >= 4 is 5.91 Å². The summed E-state index contributed by atoms with van der Waals surface area (Å²) in [4.78, 5) is 18.9. The van der Waals surface area contributed by atoms with Gasteiger partial charge in [0, 0.05) is 26.2 Å². The molecule has 2 aliphatic rings. The Hall–Kier alpha value is -1.59. The Morgan fingerprint density at radius 3 is 2.43 bits per heavy atom. The van der Waals surface area contributed by atoms with E-state index in [9.17, 15) is 4.79 Å². The van der Waals surface area contributed by atoms with Gasteiger partial charge in [-0.3, -0.25) is 9.69 Å². The summed E-state index contributed by atoms with van der Waals surface area (Å²) in [5.41, 5.74) is 1.14. The highest BCUT2D eigenvalue weighted by Gasteiger charge is 2.33. The van der Waals surface area contributed by atoms with Crippen molar-refractivity contribution in [1.82, 2.24) is 14.7 Å². The maximum absolute atomic E-state index is 12.3. The number of likely N-dealkylation sites (tertiary alicyclic amines) is 1. The normalized spacial score (nSPS) is 20.3. The topological polar surface area (TPSA) is 36.0 Å². The summed E-state index contributed by atoms with van der Waals surface area (Å²) in [7, 11) is 0. The Bertz CT molecular complexity index is 535. The molecule has 0 aliphatic carbocycles. The SMILES string of the molecule is CCN1CCN(CC(=O)N2CC(Oc3ccccc3C)C2)CC1. The molecule has 5 nitrogen and oxygen atoms in total. The van der Waals surface area contributed by atoms with E-state index in [4.69, 9.17) is 4.74 Å². The van der Waals surface area contributed by atoms with Crippen molar-refractivity contribution in [2.24, 2.45) is 0 Å². The minimum absolute atomic E-state index is 0.136. The van der Waals surface area contributed by atoms with Gasteiger partial charge in [-0.1, -0.05) is 25.1 Å². The lowest BCUT2D eigenvalue weighted by atomic mass is 10.1. The molecule has 1 aromatic carbocycles. The number of amides is 1. The first-order valence-electron chi connectivity index (χ1n) is 8.60. The number of carbonyl (C=O) groups is 1. The Balaban J connectivity index is 1.39. The summed E-state index contributed by atoms with van der Waals surface area (Å²) in [6.45, 7) is 11.5. The first kappa shape index (κ1) is 16.3. The number of aryl methyl sites for hydroxylation is 1. The highest BCUT2D eigenvalue weighted by molar-refractivity contribution is 5.79. The quantitative estimate of drug-likeness (QED) is 0.818. The van der Waals surface area contributed by atoms with Crippen LogP contribution in [0.3, 0.4) is 0 Å². The molecule has 0 saturated carbocycles. The molecule has 0 unspecified atom stereocenters. The molecule has 2 saturated heterocycles. The summed E-state index contributed by atoms with van der Waals surface area (Å²) < 4.78 is 5.97. The zero-order valence-corrected chi connectivity index (χ0v) is 14.2. The van der Waals surface area contributed by atoms with Gasteiger partial charge in [0.25, 0.3) is 0 Å². The van der Waals surface area contributed by atoms with Crippen molar-refractivity contribution in [3.8, 4) is 5.75 Å². The molecule has 5 heteroatoms. The number of hydrogen-bond acceptors (Lipinski definition) is 4. The van der Waals surface area contributed by atoms with Crippen LogP contribution in [0.4, 0.5) is 0 Å². The monoisotopic (exact) mass is 317 g/mol. The molecular formula is C18H27N3O2. The molecule has 0 atom stereocenters. The smallest absolute Gasteiger partial charge is 0.237 e. The average molecular weight is 317 g/mol. The zero-order chi connectivity index (χ0) is 16.2. The second kappa shape index (κ2) is 7.32. The maximum atomic E-state index is 12.3. The first-order chi connectivity index (χ1) is 11.2. The van der Waals surface area contributed by atoms with Gasteiger partial charge in [0.1, 0.15) is 11.9 Å². The number of nitrogens with zero attached hydrogens (tertiary/aromatic N) is 3. The van der Waals surface area contributed by atoms with Crippen LogP contribution in [-0.4, -0.2) is 79.1 Å². The van der Waals surface area contributed by atoms with Crippen LogP contribution in [0.15, 0.2) is 24.3 Å². The number of carbonyl (C=O) groups excluding carboxylic acids is 1. The predicted molar refractivity (Wildman–Crippen MR) is 90.7 cm³/mol. The third-order valence-corrected chi connectivity index (χ3v) is 4.86. The van der Waals surface area contributed by atoms with Gasteiger partial charge < -0.3 is 14.5 Å². The lowest BCUT2D eigenvalue weighted by Crippen LogP contribution is -2.59. The minimum atomic E-state index is 0.136. The number of para-hydroxylation sites is 1. The summed E-state index contributed by atoms with van der Waals surface area (Å²) in [6, 6.07) is 8.04. The van der Waals surface area contributed by atoms with E-state index in [-0.39, 0.29) is 12.0 Å². The molecule has 1 aromatic rings. The van der Waals surface area contributed by atoms with Crippen molar-refractivity contribution in [3.05, 3.63) is 29.8 Å². The van der Waals surface area contributed by atoms with E-state index in [1.807, 2.05) is 36.1 Å². The van der Waals surface area contributed by atoms with E-state index in [0.717, 1.165) is 44.0 Å². The zero-order valence-electron chi connectivity index (χ0n) is 14.2. The lowest BCUT2D eigenvalue weighted by molar-refractivity contribution is -0.141. The fourth-order valence-electron chi connectivity index (χ4n) is 3.14. The Kier molecular flexibility index (Phi) is 5.18. The largest absolute Gasteiger partial charge is 0.486 e. The molecule has 3 rings (SSSR count). The summed E-state index contributed by atoms with van der Waals surface area (Å²) in [5, 5.41) is 0. The highest BCUT2D eigenvalue weighted by Crippen LogP contribution is 2.21. The lowest BCUT2D eigenvalue weighted by Gasteiger charge is -2.41. The number of likely N-dealkylation sites (N-methyl/N-ethyl adjacent to an activating group) is 1. The van der Waals surface area contributed by atoms with E-state index in [1.165, 1.54) is 0 Å². The van der Waals surface area contributed by atoms with Gasteiger partial charge in [-0.15, -0.1) is 0 Å². The molecule has 2 aliphatic heterocycles. The first-order valence-corrected chi connectivity index (χ1v) is 8.60. The molecule has 2 fully saturated rings. The number of benzene rings is 1. The van der Waals surface area contributed by atoms with Crippen molar-refractivity contribution in [2.45, 2.75) is 20.0 Å². The van der Waals surface area contributed by atoms with Crippen LogP contribution < -0.4 is 4.74 Å². The van der Waals surface area contributed by atoms with Gasteiger partial charge in [0.2, 0.25) is 5.91 Å². The fraction of sp³-hybridized carbons (Fsp3) is 0.611. The van der Waals surface area contributed by atoms with Crippen molar-refractivity contribution in [3.63, 3.8) is 0 Å². The third-order valence-electron chi connectivity index (χ3n) is 4.86. The molecule has 2 heterocycles. The van der Waals surface area contributed by atoms with E-state index in [1.54, 1.807) is 0 Å². The summed E-state index contributed by atoms with van der Waals surface area (Å²) in [6.07, 6.45) is 0.136. The van der Waals surface area contributed by atoms with Crippen LogP contribution in [0.2, 0.25) is 0 Å². The second-order valence-corrected chi connectivity index (χ2v) is 6.51. The molecule has 0 spiro atoms. The van der Waals surface area contributed by atoms with Crippen LogP contribution >= 0.6 is 0 Å². The Morgan fingerprint density at radius 2 is 1.78 bits per heavy atom. The number of rotatable bonds is 5. The van der Waals surface area contributed by atoms with Crippen LogP contribution in [0.1, 0.15) is 12.5 Å². The van der Waals surface area contributed by atoms with E-state index in [0.29, 0.717) is 19.6 Å². The van der Waals surface area contributed by atoms with Crippen LogP contribution in [0.5, 0.6) is 5.75 Å². The van der Waals surface area contributed by atoms with Crippen LogP contribution in [-0.2, 0) is 4.79 Å². The predicted octanol–water partition coefficient (Wildman–Crippen LogP) is 1.22. The van der Waals surface area contributed by atoms with E-state index >= 15 is 0 Å². The standard InChI is InChI=1S/C18H27N3O2/c1-3-19-8-10-20(11-9-19)14-18(22)21-12-16(13-21)23-17-7-5-4-6-15(17)2/h4-7,16H,3,8-14H2,1-2H3. The van der Waals surface area contributed by atoms with Crippen molar-refractivity contribution < 1.29 is 9.53 Å². The van der Waals surface area contributed by atoms with Crippen molar-refractivity contribution in [2.75, 3.05) is 52.4 Å². The number of piperazine rings is 1. The van der Waals surface area contributed by atoms with E-state index < -0.39 is 0 Å². The van der Waals surface area contributed by atoms with Gasteiger partial charge in [0.05, 0.1) is 19.6 Å². The van der Waals surface area contributed by atoms with Gasteiger partial charge >= 0.3 is 0 Å². The Labute approximate surface area is 138 Å².